The zero-order valence-electron chi connectivity index (χ0n) is 32.6. The van der Waals surface area contributed by atoms with E-state index in [1.807, 2.05) is 0 Å². The van der Waals surface area contributed by atoms with Crippen molar-refractivity contribution in [2.75, 3.05) is 50.1 Å². The van der Waals surface area contributed by atoms with E-state index in [4.69, 9.17) is 36.1 Å². The lowest BCUT2D eigenvalue weighted by Crippen LogP contribution is -2.46. The van der Waals surface area contributed by atoms with Crippen LogP contribution in [0.3, 0.4) is 0 Å². The van der Waals surface area contributed by atoms with Crippen LogP contribution in [0.5, 0.6) is 0 Å². The van der Waals surface area contributed by atoms with E-state index in [0.717, 1.165) is 40.7 Å². The van der Waals surface area contributed by atoms with Crippen LogP contribution in [-0.4, -0.2) is 157 Å². The number of phosphoric ester groups is 3. The summed E-state index contributed by atoms with van der Waals surface area (Å²) in [7, 11) is -16.5. The number of aromatic nitrogens is 4. The molecule has 15 N–H and O–H groups in total. The van der Waals surface area contributed by atoms with E-state index in [1.54, 1.807) is 0 Å². The highest BCUT2D eigenvalue weighted by atomic mass is 32.2. The number of nitrogen functional groups attached to an aromatic ring is 1. The number of aliphatic carboxylic acids is 1. The minimum Gasteiger partial charge on any atom is -0.481 e. The van der Waals surface area contributed by atoms with Crippen molar-refractivity contribution in [3.05, 3.63) is 12.7 Å². The van der Waals surface area contributed by atoms with Gasteiger partial charge in [-0.1, -0.05) is 25.6 Å². The molecule has 1 saturated heterocycles. The molecule has 1 fully saturated rings. The number of thioether (sulfide) groups is 2. The van der Waals surface area contributed by atoms with Crippen molar-refractivity contribution < 1.29 is 90.4 Å². The maximum atomic E-state index is 12.7. The first kappa shape index (κ1) is 53.0. The van der Waals surface area contributed by atoms with Gasteiger partial charge in [-0.3, -0.25) is 42.3 Å². The molecule has 34 heteroatoms. The van der Waals surface area contributed by atoms with Gasteiger partial charge in [-0.15, -0.1) is 11.8 Å². The highest BCUT2D eigenvalue weighted by Gasteiger charge is 2.50. The van der Waals surface area contributed by atoms with Gasteiger partial charge in [0, 0.05) is 36.4 Å². The Morgan fingerprint density at radius 1 is 1.03 bits per heavy atom. The number of imidazole rings is 1. The van der Waals surface area contributed by atoms with Crippen molar-refractivity contribution >= 4 is 92.8 Å². The number of aliphatic hydroxyl groups excluding tert-OH is 2. The molecule has 1 aliphatic heterocycles. The van der Waals surface area contributed by atoms with E-state index in [1.165, 1.54) is 13.8 Å². The standard InChI is InChI=1S/C28H47N10O19P3S2/c1-28(2,21(43)24(44)33-4-3-16(39)32-5-8-62-26(45)15(9-17(40)41)61-7-6-34-27(30)31)11-54-60(51,52)57-59(49,50)53-10-14-20(56-58(46,47)48)19(42)25(55-14)38-13-37-18-22(29)35-12-36-23(18)38/h12-15,19-21,25,42-43H,3-11H2,1-2H3,(H,32,39)(H,33,44)(H,40,41)(H,49,50)(H,51,52)(H2,29,35,36)(H4,30,31,34)(H2,46,47,48). The Morgan fingerprint density at radius 2 is 1.71 bits per heavy atom. The molecule has 0 spiro atoms. The molecule has 0 aromatic carbocycles. The second-order valence-corrected chi connectivity index (χ2v) is 20.1. The Labute approximate surface area is 359 Å². The second-order valence-electron chi connectivity index (χ2n) is 13.5. The summed E-state index contributed by atoms with van der Waals surface area (Å²) in [5.74, 6) is -2.57. The van der Waals surface area contributed by atoms with Gasteiger partial charge in [0.25, 0.3) is 0 Å². The highest BCUT2D eigenvalue weighted by Crippen LogP contribution is 2.61. The predicted octanol–water partition coefficient (Wildman–Crippen LogP) is -2.49. The molecule has 29 nitrogen and oxygen atoms in total. The average molecular weight is 985 g/mol. The number of nitrogens with two attached hydrogens (primary N) is 3. The fraction of sp³-hybridized carbons (Fsp3) is 0.643. The number of carboxylic acid groups (broad SMARTS) is 1. The van der Waals surface area contributed by atoms with Crippen molar-refractivity contribution in [2.24, 2.45) is 21.9 Å². The maximum Gasteiger partial charge on any atom is 0.481 e. The van der Waals surface area contributed by atoms with Crippen molar-refractivity contribution in [1.29, 1.82) is 0 Å². The third kappa shape index (κ3) is 17.0. The van der Waals surface area contributed by atoms with Crippen LogP contribution in [0.2, 0.25) is 0 Å². The lowest BCUT2D eigenvalue weighted by atomic mass is 9.87. The highest BCUT2D eigenvalue weighted by molar-refractivity contribution is 8.16. The molecular formula is C28H47N10O19P3S2. The Kier molecular flexibility index (Phi) is 19.7. The van der Waals surface area contributed by atoms with E-state index >= 15 is 0 Å². The van der Waals surface area contributed by atoms with Gasteiger partial charge >= 0.3 is 29.4 Å². The van der Waals surface area contributed by atoms with Crippen molar-refractivity contribution in [1.82, 2.24) is 30.2 Å². The summed E-state index contributed by atoms with van der Waals surface area (Å²) < 4.78 is 62.1. The van der Waals surface area contributed by atoms with Crippen LogP contribution in [0, 0.1) is 5.41 Å². The Morgan fingerprint density at radius 3 is 2.35 bits per heavy atom. The minimum absolute atomic E-state index is 0.0137. The lowest BCUT2D eigenvalue weighted by Gasteiger charge is -2.30. The molecule has 62 heavy (non-hydrogen) atoms. The molecule has 0 aliphatic carbocycles. The molecule has 3 heterocycles. The van der Waals surface area contributed by atoms with Gasteiger partial charge in [0.1, 0.15) is 36.3 Å². The first-order valence-electron chi connectivity index (χ1n) is 17.7. The third-order valence-electron chi connectivity index (χ3n) is 8.07. The molecule has 8 unspecified atom stereocenters. The number of carboxylic acids is 1. The molecule has 0 bridgehead atoms. The Hall–Kier alpha value is -3.35. The van der Waals surface area contributed by atoms with Gasteiger partial charge in [0.15, 0.2) is 23.7 Å². The van der Waals surface area contributed by atoms with Gasteiger partial charge in [-0.05, 0) is 0 Å². The van der Waals surface area contributed by atoms with Crippen LogP contribution in [0.25, 0.3) is 11.2 Å². The van der Waals surface area contributed by atoms with Crippen molar-refractivity contribution in [3.8, 4) is 0 Å². The van der Waals surface area contributed by atoms with Crippen LogP contribution in [-0.2, 0) is 55.5 Å². The van der Waals surface area contributed by atoms with E-state index < -0.39 is 107 Å². The zero-order chi connectivity index (χ0) is 46.6. The molecule has 8 atom stereocenters. The molecule has 350 valence electrons. The molecule has 0 saturated carbocycles. The number of ether oxygens (including phenoxy) is 1. The van der Waals surface area contributed by atoms with Gasteiger partial charge in [-0.25, -0.2) is 28.6 Å². The van der Waals surface area contributed by atoms with Gasteiger partial charge in [-0.2, -0.15) is 4.31 Å². The zero-order valence-corrected chi connectivity index (χ0v) is 37.0. The number of rotatable bonds is 26. The van der Waals surface area contributed by atoms with E-state index in [0.29, 0.717) is 5.75 Å². The van der Waals surface area contributed by atoms with E-state index in [2.05, 4.69) is 39.4 Å². The summed E-state index contributed by atoms with van der Waals surface area (Å²) in [5, 5.41) is 34.1. The summed E-state index contributed by atoms with van der Waals surface area (Å²) in [4.78, 5) is 103. The van der Waals surface area contributed by atoms with Gasteiger partial charge in [0.05, 0.1) is 37.8 Å². The van der Waals surface area contributed by atoms with Crippen LogP contribution in [0.1, 0.15) is 32.9 Å². The second kappa shape index (κ2) is 23.0. The Balaban J connectivity index is 1.45. The fourth-order valence-corrected chi connectivity index (χ4v) is 9.90. The van der Waals surface area contributed by atoms with E-state index in [-0.39, 0.29) is 54.7 Å². The number of amides is 2. The number of phosphoric acid groups is 3. The number of guanidine groups is 1. The van der Waals surface area contributed by atoms with Gasteiger partial charge < -0.3 is 67.5 Å². The first-order valence-corrected chi connectivity index (χ1v) is 24.2. The smallest absolute Gasteiger partial charge is 0.481 e. The number of aliphatic hydroxyl groups is 2. The summed E-state index contributed by atoms with van der Waals surface area (Å²) >= 11 is 1.89. The van der Waals surface area contributed by atoms with Gasteiger partial charge in [0.2, 0.25) is 16.9 Å². The summed E-state index contributed by atoms with van der Waals surface area (Å²) in [6.45, 7) is 0.256. The number of aliphatic imine (C=N–C) groups is 1. The third-order valence-corrected chi connectivity index (χ3v) is 13.5. The van der Waals surface area contributed by atoms with Crippen LogP contribution < -0.4 is 27.8 Å². The molecule has 2 amide bonds. The topological polar surface area (TPSA) is 465 Å². The number of anilines is 1. The van der Waals surface area contributed by atoms with Crippen LogP contribution >= 0.6 is 47.0 Å². The number of fused-ring (bicyclic) bond motifs is 1. The molecule has 0 radical (unpaired) electrons. The number of carbonyl (C=O) groups excluding carboxylic acids is 3. The van der Waals surface area contributed by atoms with Crippen molar-refractivity contribution in [3.63, 3.8) is 0 Å². The number of hydrogen-bond donors (Lipinski definition) is 12. The fourth-order valence-electron chi connectivity index (χ4n) is 5.11. The molecular weight excluding hydrogens is 937 g/mol. The largest absolute Gasteiger partial charge is 0.481 e. The number of nitrogens with zero attached hydrogens (tertiary/aromatic N) is 5. The number of carbonyl (C=O) groups is 4. The molecule has 2 aromatic heterocycles. The Bertz CT molecular complexity index is 2080. The summed E-state index contributed by atoms with van der Waals surface area (Å²) in [5.41, 5.74) is 14.7. The predicted molar refractivity (Wildman–Crippen MR) is 216 cm³/mol. The molecule has 1 aliphatic rings. The monoisotopic (exact) mass is 984 g/mol. The van der Waals surface area contributed by atoms with Crippen LogP contribution in [0.4, 0.5) is 5.82 Å². The SMILES string of the molecule is CC(C)(COP(=O)(O)OP(=O)(O)OCC1OC(n2cnc3c(N)ncnc32)C(O)C1OP(=O)(O)O)C(O)C(=O)NCCC(=O)NCCSC(=O)C(CC(=O)O)SCCN=C(N)N. The van der Waals surface area contributed by atoms with Crippen LogP contribution in [0.15, 0.2) is 17.6 Å². The summed E-state index contributed by atoms with van der Waals surface area (Å²) in [6, 6.07) is 0. The number of hydrogen-bond acceptors (Lipinski definition) is 21. The first-order chi connectivity index (χ1) is 28.7. The summed E-state index contributed by atoms with van der Waals surface area (Å²) in [6.07, 6.45) is -7.63. The normalized spacial score (nSPS) is 21.0. The van der Waals surface area contributed by atoms with E-state index in [9.17, 15) is 62.7 Å². The molecule has 3 rings (SSSR count). The number of nitrogens with one attached hydrogen (secondary N) is 2. The maximum absolute atomic E-state index is 12.7. The molecule has 2 aromatic rings. The minimum atomic E-state index is -5.61. The van der Waals surface area contributed by atoms with Crippen molar-refractivity contribution in [2.45, 2.75) is 62.6 Å². The lowest BCUT2D eigenvalue weighted by molar-refractivity contribution is -0.138. The average Bonchev–Trinajstić information content (AvgIpc) is 3.72. The quantitative estimate of drug-likeness (QED) is 0.0201.